The van der Waals surface area contributed by atoms with Crippen LogP contribution in [0.1, 0.15) is 34.6 Å². The van der Waals surface area contributed by atoms with E-state index < -0.39 is 11.9 Å². The minimum absolute atomic E-state index is 0.0863. The molecule has 2 rings (SSSR count). The maximum absolute atomic E-state index is 12.5. The minimum Gasteiger partial charge on any atom is -0.490 e. The number of hydrogen-bond donors (Lipinski definition) is 2. The molecule has 0 aromatic heterocycles. The van der Waals surface area contributed by atoms with Gasteiger partial charge in [-0.2, -0.15) is 0 Å². The standard InChI is InChI=1S/C18H18ClNO5/c1-3-24-15-8-5-11(9-16(15)25-4-2)17(21)20-14-7-6-12(19)10-13(14)18(22)23/h5-10H,3-4H2,1-2H3,(H,20,21)(H,22,23). The van der Waals surface area contributed by atoms with Crippen molar-refractivity contribution in [3.63, 3.8) is 0 Å². The molecule has 0 unspecified atom stereocenters. The summed E-state index contributed by atoms with van der Waals surface area (Å²) < 4.78 is 10.9. The van der Waals surface area contributed by atoms with Gasteiger partial charge in [-0.15, -0.1) is 0 Å². The highest BCUT2D eigenvalue weighted by molar-refractivity contribution is 6.31. The highest BCUT2D eigenvalue weighted by Crippen LogP contribution is 2.29. The van der Waals surface area contributed by atoms with Crippen LogP contribution in [0.5, 0.6) is 11.5 Å². The molecule has 0 radical (unpaired) electrons. The summed E-state index contributed by atoms with van der Waals surface area (Å²) >= 11 is 5.81. The van der Waals surface area contributed by atoms with Gasteiger partial charge in [0.05, 0.1) is 24.5 Å². The molecule has 132 valence electrons. The van der Waals surface area contributed by atoms with E-state index in [0.717, 1.165) is 0 Å². The van der Waals surface area contributed by atoms with Crippen LogP contribution in [0.15, 0.2) is 36.4 Å². The second kappa shape index (κ2) is 8.39. The molecule has 0 atom stereocenters. The van der Waals surface area contributed by atoms with Crippen molar-refractivity contribution in [2.45, 2.75) is 13.8 Å². The van der Waals surface area contributed by atoms with Crippen molar-refractivity contribution in [2.75, 3.05) is 18.5 Å². The van der Waals surface area contributed by atoms with Crippen molar-refractivity contribution >= 4 is 29.2 Å². The fourth-order valence-electron chi connectivity index (χ4n) is 2.19. The number of ether oxygens (including phenoxy) is 2. The van der Waals surface area contributed by atoms with Gasteiger partial charge in [-0.3, -0.25) is 4.79 Å². The van der Waals surface area contributed by atoms with E-state index in [1.165, 1.54) is 18.2 Å². The van der Waals surface area contributed by atoms with Crippen LogP contribution >= 0.6 is 11.6 Å². The van der Waals surface area contributed by atoms with Crippen LogP contribution in [0.3, 0.4) is 0 Å². The summed E-state index contributed by atoms with van der Waals surface area (Å²) in [6, 6.07) is 9.02. The highest BCUT2D eigenvalue weighted by atomic mass is 35.5. The summed E-state index contributed by atoms with van der Waals surface area (Å²) in [5, 5.41) is 12.1. The lowest BCUT2D eigenvalue weighted by molar-refractivity contribution is 0.0698. The Labute approximate surface area is 150 Å². The lowest BCUT2D eigenvalue weighted by Gasteiger charge is -2.13. The molecule has 0 aliphatic heterocycles. The number of rotatable bonds is 7. The quantitative estimate of drug-likeness (QED) is 0.774. The van der Waals surface area contributed by atoms with Crippen LogP contribution in [-0.4, -0.2) is 30.2 Å². The van der Waals surface area contributed by atoms with Crippen LogP contribution < -0.4 is 14.8 Å². The molecule has 0 bridgehead atoms. The minimum atomic E-state index is -1.18. The number of aromatic carboxylic acids is 1. The van der Waals surface area contributed by atoms with Gasteiger partial charge in [-0.1, -0.05) is 11.6 Å². The first-order chi connectivity index (χ1) is 12.0. The van der Waals surface area contributed by atoms with E-state index in [4.69, 9.17) is 21.1 Å². The number of carbonyl (C=O) groups excluding carboxylic acids is 1. The Morgan fingerprint density at radius 2 is 1.72 bits per heavy atom. The molecule has 1 amide bonds. The molecule has 7 heteroatoms. The summed E-state index contributed by atoms with van der Waals surface area (Å²) in [7, 11) is 0. The number of benzene rings is 2. The first kappa shape index (κ1) is 18.6. The maximum Gasteiger partial charge on any atom is 0.337 e. The van der Waals surface area contributed by atoms with Crippen molar-refractivity contribution in [3.05, 3.63) is 52.5 Å². The molecule has 2 aromatic carbocycles. The van der Waals surface area contributed by atoms with Gasteiger partial charge in [0.15, 0.2) is 11.5 Å². The number of nitrogens with one attached hydrogen (secondary N) is 1. The summed E-state index contributed by atoms with van der Waals surface area (Å²) in [5.74, 6) is -0.654. The summed E-state index contributed by atoms with van der Waals surface area (Å²) in [6.07, 6.45) is 0. The third-order valence-corrected chi connectivity index (χ3v) is 3.50. The Morgan fingerprint density at radius 1 is 1.04 bits per heavy atom. The average molecular weight is 364 g/mol. The monoisotopic (exact) mass is 363 g/mol. The number of amides is 1. The molecular weight excluding hydrogens is 346 g/mol. The molecule has 6 nitrogen and oxygen atoms in total. The molecule has 0 aliphatic carbocycles. The van der Waals surface area contributed by atoms with Crippen LogP contribution in [0, 0.1) is 0 Å². The molecule has 2 N–H and O–H groups in total. The predicted octanol–water partition coefficient (Wildman–Crippen LogP) is 4.09. The van der Waals surface area contributed by atoms with Crippen molar-refractivity contribution in [2.24, 2.45) is 0 Å². The summed E-state index contributed by atoms with van der Waals surface area (Å²) in [4.78, 5) is 23.8. The number of anilines is 1. The lowest BCUT2D eigenvalue weighted by Crippen LogP contribution is -2.15. The summed E-state index contributed by atoms with van der Waals surface area (Å²) in [5.41, 5.74) is 0.392. The Kier molecular flexibility index (Phi) is 6.25. The topological polar surface area (TPSA) is 84.9 Å². The van der Waals surface area contributed by atoms with Crippen molar-refractivity contribution in [1.29, 1.82) is 0 Å². The van der Waals surface area contributed by atoms with E-state index in [1.54, 1.807) is 18.2 Å². The van der Waals surface area contributed by atoms with Gasteiger partial charge in [0, 0.05) is 10.6 Å². The third-order valence-electron chi connectivity index (χ3n) is 3.27. The molecule has 0 saturated heterocycles. The van der Waals surface area contributed by atoms with Gasteiger partial charge in [-0.25, -0.2) is 4.79 Å². The normalized spacial score (nSPS) is 10.2. The van der Waals surface area contributed by atoms with Crippen LogP contribution in [0.25, 0.3) is 0 Å². The van der Waals surface area contributed by atoms with Crippen LogP contribution in [0.4, 0.5) is 5.69 Å². The van der Waals surface area contributed by atoms with E-state index >= 15 is 0 Å². The van der Waals surface area contributed by atoms with Gasteiger partial charge in [-0.05, 0) is 50.2 Å². The third kappa shape index (κ3) is 4.64. The molecule has 0 aliphatic rings. The molecule has 0 spiro atoms. The zero-order valence-corrected chi connectivity index (χ0v) is 14.6. The molecule has 25 heavy (non-hydrogen) atoms. The first-order valence-electron chi connectivity index (χ1n) is 7.70. The van der Waals surface area contributed by atoms with Gasteiger partial charge in [0.2, 0.25) is 0 Å². The van der Waals surface area contributed by atoms with E-state index in [0.29, 0.717) is 30.3 Å². The number of carboxylic acids is 1. The average Bonchev–Trinajstić information content (AvgIpc) is 2.58. The fourth-order valence-corrected chi connectivity index (χ4v) is 2.36. The largest absolute Gasteiger partial charge is 0.490 e. The van der Waals surface area contributed by atoms with Crippen molar-refractivity contribution in [3.8, 4) is 11.5 Å². The number of carboxylic acid groups (broad SMARTS) is 1. The van der Waals surface area contributed by atoms with Gasteiger partial charge in [0.25, 0.3) is 5.91 Å². The zero-order valence-electron chi connectivity index (χ0n) is 13.8. The number of hydrogen-bond acceptors (Lipinski definition) is 4. The SMILES string of the molecule is CCOc1ccc(C(=O)Nc2ccc(Cl)cc2C(=O)O)cc1OCC. The van der Waals surface area contributed by atoms with E-state index in [2.05, 4.69) is 5.32 Å². The Bertz CT molecular complexity index is 791. The lowest BCUT2D eigenvalue weighted by atomic mass is 10.1. The number of carbonyl (C=O) groups is 2. The maximum atomic E-state index is 12.5. The van der Waals surface area contributed by atoms with Gasteiger partial charge < -0.3 is 19.9 Å². The van der Waals surface area contributed by atoms with E-state index in [1.807, 2.05) is 13.8 Å². The number of halogens is 1. The molecule has 0 saturated carbocycles. The first-order valence-corrected chi connectivity index (χ1v) is 8.07. The molecular formula is C18H18ClNO5. The Morgan fingerprint density at radius 3 is 2.36 bits per heavy atom. The van der Waals surface area contributed by atoms with Crippen LogP contribution in [0.2, 0.25) is 5.02 Å². The van der Waals surface area contributed by atoms with E-state index in [-0.39, 0.29) is 16.3 Å². The van der Waals surface area contributed by atoms with Gasteiger partial charge >= 0.3 is 5.97 Å². The second-order valence-corrected chi connectivity index (χ2v) is 5.41. The van der Waals surface area contributed by atoms with Crippen LogP contribution in [-0.2, 0) is 0 Å². The van der Waals surface area contributed by atoms with Crippen molar-refractivity contribution < 1.29 is 24.2 Å². The Balaban J connectivity index is 2.29. The predicted molar refractivity (Wildman–Crippen MR) is 95.1 cm³/mol. The summed E-state index contributed by atoms with van der Waals surface area (Å²) in [6.45, 7) is 4.57. The highest BCUT2D eigenvalue weighted by Gasteiger charge is 2.16. The zero-order chi connectivity index (χ0) is 18.4. The fraction of sp³-hybridized carbons (Fsp3) is 0.222. The van der Waals surface area contributed by atoms with Crippen molar-refractivity contribution in [1.82, 2.24) is 0 Å². The molecule has 0 fully saturated rings. The van der Waals surface area contributed by atoms with E-state index in [9.17, 15) is 14.7 Å². The molecule has 2 aromatic rings. The second-order valence-electron chi connectivity index (χ2n) is 4.98. The van der Waals surface area contributed by atoms with Gasteiger partial charge in [0.1, 0.15) is 0 Å². The Hall–Kier alpha value is -2.73. The molecule has 0 heterocycles. The smallest absolute Gasteiger partial charge is 0.337 e.